The monoisotopic (exact) mass is 307 g/mol. The minimum absolute atomic E-state index is 0.101. The summed E-state index contributed by atoms with van der Waals surface area (Å²) >= 11 is 1.37. The predicted molar refractivity (Wildman–Crippen MR) is 79.8 cm³/mol. The third-order valence-electron chi connectivity index (χ3n) is 3.02. The molecule has 110 valence electrons. The zero-order valence-electron chi connectivity index (χ0n) is 11.3. The quantitative estimate of drug-likeness (QED) is 0.788. The Morgan fingerprint density at radius 1 is 1.19 bits per heavy atom. The molecule has 1 aromatic heterocycles. The number of anilines is 1. The van der Waals surface area contributed by atoms with Crippen molar-refractivity contribution < 1.29 is 14.0 Å². The van der Waals surface area contributed by atoms with Gasteiger partial charge in [-0.15, -0.1) is 11.3 Å². The molecular weight excluding hydrogens is 293 g/mol. The Morgan fingerprint density at radius 2 is 1.86 bits per heavy atom. The van der Waals surface area contributed by atoms with Gasteiger partial charge >= 0.3 is 0 Å². The van der Waals surface area contributed by atoms with Crippen LogP contribution in [0.25, 0.3) is 0 Å². The summed E-state index contributed by atoms with van der Waals surface area (Å²) < 4.78 is 13.7. The van der Waals surface area contributed by atoms with Crippen LogP contribution in [0.5, 0.6) is 0 Å². The first-order valence-electron chi connectivity index (χ1n) is 6.09. The van der Waals surface area contributed by atoms with Crippen LogP contribution in [-0.2, 0) is 6.54 Å². The molecule has 1 heterocycles. The zero-order valence-corrected chi connectivity index (χ0v) is 12.1. The van der Waals surface area contributed by atoms with Crippen LogP contribution in [0.1, 0.15) is 31.2 Å². The molecule has 2 amide bonds. The number of primary amides is 2. The van der Waals surface area contributed by atoms with E-state index < -0.39 is 17.6 Å². The van der Waals surface area contributed by atoms with Crippen LogP contribution < -0.4 is 16.8 Å². The minimum Gasteiger partial charge on any atom is -0.380 e. The molecule has 0 aliphatic rings. The van der Waals surface area contributed by atoms with Gasteiger partial charge in [0.25, 0.3) is 0 Å². The molecule has 0 atom stereocenters. The first-order valence-corrected chi connectivity index (χ1v) is 6.97. The summed E-state index contributed by atoms with van der Waals surface area (Å²) in [6, 6.07) is 4.28. The molecule has 0 radical (unpaired) electrons. The summed E-state index contributed by atoms with van der Waals surface area (Å²) in [7, 11) is 0. The number of halogens is 1. The summed E-state index contributed by atoms with van der Waals surface area (Å²) in [4.78, 5) is 23.0. The van der Waals surface area contributed by atoms with Gasteiger partial charge < -0.3 is 16.8 Å². The number of nitrogens with two attached hydrogens (primary N) is 2. The molecule has 5 N–H and O–H groups in total. The lowest BCUT2D eigenvalue weighted by Gasteiger charge is -2.11. The van der Waals surface area contributed by atoms with Crippen molar-refractivity contribution in [2.24, 2.45) is 11.5 Å². The van der Waals surface area contributed by atoms with E-state index in [0.29, 0.717) is 23.4 Å². The number of carbonyl (C=O) groups is 2. The maximum Gasteiger partial charge on any atom is 0.249 e. The normalized spacial score (nSPS) is 10.4. The van der Waals surface area contributed by atoms with E-state index >= 15 is 0 Å². The fraction of sp³-hybridized carbons (Fsp3) is 0.143. The van der Waals surface area contributed by atoms with Gasteiger partial charge in [-0.05, 0) is 25.1 Å². The van der Waals surface area contributed by atoms with E-state index in [1.54, 1.807) is 18.4 Å². The van der Waals surface area contributed by atoms with Crippen LogP contribution >= 0.6 is 11.3 Å². The maximum atomic E-state index is 13.7. The van der Waals surface area contributed by atoms with Crippen molar-refractivity contribution in [1.82, 2.24) is 0 Å². The molecule has 0 unspecified atom stereocenters. The first-order chi connectivity index (χ1) is 9.88. The van der Waals surface area contributed by atoms with Crippen molar-refractivity contribution in [2.75, 3.05) is 5.32 Å². The summed E-state index contributed by atoms with van der Waals surface area (Å²) in [5, 5.41) is 4.69. The average molecular weight is 307 g/mol. The topological polar surface area (TPSA) is 98.2 Å². The second kappa shape index (κ2) is 5.92. The second-order valence-electron chi connectivity index (χ2n) is 4.51. The van der Waals surface area contributed by atoms with Crippen molar-refractivity contribution in [3.8, 4) is 0 Å². The number of hydrogen-bond acceptors (Lipinski definition) is 4. The molecule has 0 saturated carbocycles. The molecule has 0 fully saturated rings. The number of benzene rings is 1. The van der Waals surface area contributed by atoms with E-state index in [4.69, 9.17) is 11.5 Å². The van der Waals surface area contributed by atoms with Crippen molar-refractivity contribution in [3.63, 3.8) is 0 Å². The first kappa shape index (κ1) is 15.0. The van der Waals surface area contributed by atoms with E-state index in [1.807, 2.05) is 0 Å². The standard InChI is InChI=1S/C14H14FN3O2S/c1-7-11(15)3-8(13(16)19)4-12(7)18-5-10-2-9(6-21-10)14(17)20/h2-4,6,18H,5H2,1H3,(H2,16,19)(H2,17,20). The Morgan fingerprint density at radius 3 is 2.43 bits per heavy atom. The van der Waals surface area contributed by atoms with E-state index in [2.05, 4.69) is 5.32 Å². The molecule has 0 aliphatic heterocycles. The highest BCUT2D eigenvalue weighted by atomic mass is 32.1. The molecule has 0 saturated heterocycles. The number of hydrogen-bond donors (Lipinski definition) is 3. The summed E-state index contributed by atoms with van der Waals surface area (Å²) in [5.74, 6) is -1.68. The lowest BCUT2D eigenvalue weighted by atomic mass is 10.1. The van der Waals surface area contributed by atoms with Gasteiger partial charge in [-0.3, -0.25) is 9.59 Å². The van der Waals surface area contributed by atoms with E-state index in [9.17, 15) is 14.0 Å². The molecule has 1 aromatic carbocycles. The van der Waals surface area contributed by atoms with E-state index in [-0.39, 0.29) is 5.56 Å². The minimum atomic E-state index is -0.691. The van der Waals surface area contributed by atoms with Crippen molar-refractivity contribution in [3.05, 3.63) is 51.0 Å². The van der Waals surface area contributed by atoms with Gasteiger partial charge in [0.2, 0.25) is 11.8 Å². The molecule has 0 bridgehead atoms. The van der Waals surface area contributed by atoms with Gasteiger partial charge in [0, 0.05) is 33.6 Å². The van der Waals surface area contributed by atoms with Crippen LogP contribution in [0.3, 0.4) is 0 Å². The van der Waals surface area contributed by atoms with E-state index in [0.717, 1.165) is 10.9 Å². The molecule has 7 heteroatoms. The predicted octanol–water partition coefficient (Wildman–Crippen LogP) is 2.01. The molecule has 0 spiro atoms. The van der Waals surface area contributed by atoms with E-state index in [1.165, 1.54) is 17.4 Å². The summed E-state index contributed by atoms with van der Waals surface area (Å²) in [5.41, 5.74) is 11.8. The van der Waals surface area contributed by atoms with Crippen LogP contribution in [0.2, 0.25) is 0 Å². The van der Waals surface area contributed by atoms with Gasteiger partial charge in [-0.1, -0.05) is 0 Å². The fourth-order valence-corrected chi connectivity index (χ4v) is 2.60. The van der Waals surface area contributed by atoms with Gasteiger partial charge in [-0.25, -0.2) is 4.39 Å². The van der Waals surface area contributed by atoms with Gasteiger partial charge in [0.05, 0.1) is 5.56 Å². The van der Waals surface area contributed by atoms with Gasteiger partial charge in [0.1, 0.15) is 5.82 Å². The number of rotatable bonds is 5. The summed E-state index contributed by atoms with van der Waals surface area (Å²) in [6.07, 6.45) is 0. The molecule has 5 nitrogen and oxygen atoms in total. The van der Waals surface area contributed by atoms with Crippen molar-refractivity contribution in [2.45, 2.75) is 13.5 Å². The lowest BCUT2D eigenvalue weighted by molar-refractivity contribution is 0.0992. The van der Waals surface area contributed by atoms with Crippen molar-refractivity contribution >= 4 is 28.8 Å². The Labute approximate surface area is 124 Å². The number of amides is 2. The molecular formula is C14H14FN3O2S. The van der Waals surface area contributed by atoms with Gasteiger partial charge in [-0.2, -0.15) is 0 Å². The SMILES string of the molecule is Cc1c(F)cc(C(N)=O)cc1NCc1cc(C(N)=O)cs1. The Kier molecular flexibility index (Phi) is 4.23. The van der Waals surface area contributed by atoms with Crippen LogP contribution in [0.4, 0.5) is 10.1 Å². The largest absolute Gasteiger partial charge is 0.380 e. The number of carbonyl (C=O) groups excluding carboxylic acids is 2. The molecule has 2 rings (SSSR count). The lowest BCUT2D eigenvalue weighted by Crippen LogP contribution is -2.13. The number of thiophene rings is 1. The molecule has 0 aliphatic carbocycles. The highest BCUT2D eigenvalue weighted by Gasteiger charge is 2.11. The van der Waals surface area contributed by atoms with Gasteiger partial charge in [0.15, 0.2) is 0 Å². The van der Waals surface area contributed by atoms with Crippen LogP contribution in [-0.4, -0.2) is 11.8 Å². The maximum absolute atomic E-state index is 13.7. The molecule has 21 heavy (non-hydrogen) atoms. The summed E-state index contributed by atoms with van der Waals surface area (Å²) in [6.45, 7) is 1.99. The Hall–Kier alpha value is -2.41. The van der Waals surface area contributed by atoms with Crippen molar-refractivity contribution in [1.29, 1.82) is 0 Å². The number of nitrogens with one attached hydrogen (secondary N) is 1. The Bertz CT molecular complexity index is 712. The van der Waals surface area contributed by atoms with Crippen LogP contribution in [0.15, 0.2) is 23.6 Å². The highest BCUT2D eigenvalue weighted by Crippen LogP contribution is 2.22. The second-order valence-corrected chi connectivity index (χ2v) is 5.51. The molecule has 2 aromatic rings. The third-order valence-corrected chi connectivity index (χ3v) is 3.96. The average Bonchev–Trinajstić information content (AvgIpc) is 2.89. The highest BCUT2D eigenvalue weighted by molar-refractivity contribution is 7.10. The fourth-order valence-electron chi connectivity index (χ4n) is 1.79. The third kappa shape index (κ3) is 3.38. The zero-order chi connectivity index (χ0) is 15.6. The van der Waals surface area contributed by atoms with Crippen LogP contribution in [0, 0.1) is 12.7 Å². The smallest absolute Gasteiger partial charge is 0.249 e. The Balaban J connectivity index is 2.18.